The number of fused-ring (bicyclic) bond motifs is 2. The highest BCUT2D eigenvalue weighted by atomic mass is 15.4. The van der Waals surface area contributed by atoms with Crippen LogP contribution in [0.4, 0.5) is 23.3 Å². The maximum atomic E-state index is 5.91. The van der Waals surface area contributed by atoms with Crippen molar-refractivity contribution in [1.29, 1.82) is 0 Å². The van der Waals surface area contributed by atoms with E-state index in [-0.39, 0.29) is 0 Å². The predicted octanol–water partition coefficient (Wildman–Crippen LogP) is 1.04. The van der Waals surface area contributed by atoms with Crippen LogP contribution in [-0.4, -0.2) is 31.8 Å². The van der Waals surface area contributed by atoms with E-state index >= 15 is 0 Å². The number of hydrogen-bond donors (Lipinski definition) is 6. The van der Waals surface area contributed by atoms with Gasteiger partial charge in [-0.25, -0.2) is 0 Å². The standard InChI is InChI=1S/C16H16N10/c17-13-9-5-11(19-23-15(9)25-21-13)7-1-2-8(4-3-7)12-6-10-14(18)22-26-16(10)24-20-12/h1-4H,5-6H2,(H4,17,21,23,25)(H4,18,22,24,26). The lowest BCUT2D eigenvalue weighted by Crippen LogP contribution is -2.16. The number of hydrogen-bond acceptors (Lipinski definition) is 8. The number of anilines is 4. The van der Waals surface area contributed by atoms with E-state index in [4.69, 9.17) is 11.5 Å². The Morgan fingerprint density at radius 3 is 1.54 bits per heavy atom. The van der Waals surface area contributed by atoms with Crippen molar-refractivity contribution in [3.05, 3.63) is 46.5 Å². The molecule has 2 aliphatic heterocycles. The second-order valence-electron chi connectivity index (χ2n) is 6.20. The van der Waals surface area contributed by atoms with Crippen LogP contribution in [0.15, 0.2) is 34.5 Å². The largest absolute Gasteiger partial charge is 0.384 e. The Morgan fingerprint density at radius 1 is 0.692 bits per heavy atom. The maximum Gasteiger partial charge on any atom is 0.173 e. The molecule has 2 aromatic heterocycles. The summed E-state index contributed by atoms with van der Waals surface area (Å²) >= 11 is 0. The fourth-order valence-electron chi connectivity index (χ4n) is 3.14. The molecular weight excluding hydrogens is 332 g/mol. The van der Waals surface area contributed by atoms with E-state index in [0.717, 1.165) is 33.7 Å². The van der Waals surface area contributed by atoms with Gasteiger partial charge in [0.1, 0.15) is 11.6 Å². The van der Waals surface area contributed by atoms with Crippen molar-refractivity contribution in [2.45, 2.75) is 12.8 Å². The lowest BCUT2D eigenvalue weighted by molar-refractivity contribution is 1.07. The molecule has 0 radical (unpaired) electrons. The van der Waals surface area contributed by atoms with Crippen LogP contribution in [0, 0.1) is 0 Å². The molecule has 0 spiro atoms. The molecule has 0 saturated heterocycles. The normalized spacial score (nSPS) is 15.2. The highest BCUT2D eigenvalue weighted by molar-refractivity contribution is 6.07. The van der Waals surface area contributed by atoms with Gasteiger partial charge in [0.2, 0.25) is 0 Å². The van der Waals surface area contributed by atoms with Gasteiger partial charge in [0, 0.05) is 24.0 Å². The molecule has 0 fully saturated rings. The van der Waals surface area contributed by atoms with Gasteiger partial charge < -0.3 is 11.5 Å². The SMILES string of the molecule is Nc1[nH]nc2c1CC(c1ccc(C3=NNc4n[nH]c(N)c4C3)cc1)=NN2. The Balaban J connectivity index is 1.38. The van der Waals surface area contributed by atoms with Crippen molar-refractivity contribution in [3.63, 3.8) is 0 Å². The minimum absolute atomic E-state index is 0.563. The molecule has 0 bridgehead atoms. The molecule has 10 nitrogen and oxygen atoms in total. The molecule has 4 heterocycles. The van der Waals surface area contributed by atoms with Crippen LogP contribution < -0.4 is 22.3 Å². The summed E-state index contributed by atoms with van der Waals surface area (Å²) in [5, 5.41) is 22.5. The van der Waals surface area contributed by atoms with E-state index in [1.54, 1.807) is 0 Å². The first-order valence-corrected chi connectivity index (χ1v) is 8.10. The Labute approximate surface area is 147 Å². The summed E-state index contributed by atoms with van der Waals surface area (Å²) in [7, 11) is 0. The van der Waals surface area contributed by atoms with E-state index in [0.29, 0.717) is 36.1 Å². The first-order chi connectivity index (χ1) is 12.7. The van der Waals surface area contributed by atoms with Gasteiger partial charge in [0.25, 0.3) is 0 Å². The van der Waals surface area contributed by atoms with Crippen LogP contribution in [0.2, 0.25) is 0 Å². The topological polar surface area (TPSA) is 158 Å². The van der Waals surface area contributed by atoms with Gasteiger partial charge in [0.15, 0.2) is 11.6 Å². The highest BCUT2D eigenvalue weighted by Gasteiger charge is 2.21. The minimum Gasteiger partial charge on any atom is -0.384 e. The smallest absolute Gasteiger partial charge is 0.173 e. The number of aromatic amines is 2. The molecule has 5 rings (SSSR count). The van der Waals surface area contributed by atoms with Gasteiger partial charge in [-0.3, -0.25) is 21.0 Å². The average molecular weight is 348 g/mol. The number of nitrogens with two attached hydrogens (primary N) is 2. The molecule has 10 heteroatoms. The zero-order valence-electron chi connectivity index (χ0n) is 13.7. The minimum atomic E-state index is 0.563. The molecule has 0 aliphatic carbocycles. The second-order valence-corrected chi connectivity index (χ2v) is 6.20. The number of benzene rings is 1. The highest BCUT2D eigenvalue weighted by Crippen LogP contribution is 2.27. The Kier molecular flexibility index (Phi) is 2.98. The summed E-state index contributed by atoms with van der Waals surface area (Å²) in [4.78, 5) is 0. The summed E-state index contributed by atoms with van der Waals surface area (Å²) in [5.74, 6) is 2.48. The van der Waals surface area contributed by atoms with E-state index in [1.807, 2.05) is 24.3 Å². The Bertz CT molecular complexity index is 968. The van der Waals surface area contributed by atoms with E-state index in [9.17, 15) is 0 Å². The van der Waals surface area contributed by atoms with Gasteiger partial charge in [0.05, 0.1) is 11.4 Å². The molecule has 1 aromatic carbocycles. The summed E-state index contributed by atoms with van der Waals surface area (Å²) < 4.78 is 0. The molecule has 8 N–H and O–H groups in total. The summed E-state index contributed by atoms with van der Waals surface area (Å²) in [6.07, 6.45) is 1.25. The van der Waals surface area contributed by atoms with E-state index < -0.39 is 0 Å². The fraction of sp³-hybridized carbons (Fsp3) is 0.125. The molecule has 0 amide bonds. The number of nitrogens with zero attached hydrogens (tertiary/aromatic N) is 4. The summed E-state index contributed by atoms with van der Waals surface area (Å²) in [6.45, 7) is 0. The Hall–Kier alpha value is -3.82. The van der Waals surface area contributed by atoms with Gasteiger partial charge in [-0.1, -0.05) is 24.3 Å². The number of H-pyrrole nitrogens is 2. The number of aromatic nitrogens is 4. The zero-order chi connectivity index (χ0) is 17.7. The third-order valence-electron chi connectivity index (χ3n) is 4.63. The quantitative estimate of drug-likeness (QED) is 0.406. The van der Waals surface area contributed by atoms with Gasteiger partial charge in [-0.2, -0.15) is 20.4 Å². The fourth-order valence-corrected chi connectivity index (χ4v) is 3.14. The van der Waals surface area contributed by atoms with Crippen molar-refractivity contribution in [2.24, 2.45) is 10.2 Å². The first kappa shape index (κ1) is 14.5. The van der Waals surface area contributed by atoms with Crippen molar-refractivity contribution < 1.29 is 0 Å². The molecule has 0 atom stereocenters. The average Bonchev–Trinajstić information content (AvgIpc) is 3.24. The summed E-state index contributed by atoms with van der Waals surface area (Å²) in [6, 6.07) is 8.09. The Morgan fingerprint density at radius 2 is 1.12 bits per heavy atom. The van der Waals surface area contributed by atoms with Crippen molar-refractivity contribution in [2.75, 3.05) is 22.3 Å². The van der Waals surface area contributed by atoms with Crippen LogP contribution in [-0.2, 0) is 12.8 Å². The molecule has 0 unspecified atom stereocenters. The zero-order valence-corrected chi connectivity index (χ0v) is 13.7. The van der Waals surface area contributed by atoms with Crippen LogP contribution >= 0.6 is 0 Å². The molecule has 130 valence electrons. The van der Waals surface area contributed by atoms with Gasteiger partial charge >= 0.3 is 0 Å². The van der Waals surface area contributed by atoms with Crippen LogP contribution in [0.1, 0.15) is 22.3 Å². The number of nitrogen functional groups attached to an aromatic ring is 2. The predicted molar refractivity (Wildman–Crippen MR) is 100 cm³/mol. The van der Waals surface area contributed by atoms with Gasteiger partial charge in [-0.15, -0.1) is 0 Å². The molecule has 3 aromatic rings. The lowest BCUT2D eigenvalue weighted by Gasteiger charge is -2.15. The molecule has 26 heavy (non-hydrogen) atoms. The van der Waals surface area contributed by atoms with Crippen LogP contribution in [0.25, 0.3) is 0 Å². The number of hydrazone groups is 2. The van der Waals surface area contributed by atoms with Crippen molar-refractivity contribution >= 4 is 34.7 Å². The molecule has 2 aliphatic rings. The molecular formula is C16H16N10. The third kappa shape index (κ3) is 2.19. The lowest BCUT2D eigenvalue weighted by atomic mass is 9.97. The number of rotatable bonds is 2. The van der Waals surface area contributed by atoms with Crippen molar-refractivity contribution in [3.8, 4) is 0 Å². The van der Waals surface area contributed by atoms with Crippen LogP contribution in [0.3, 0.4) is 0 Å². The second kappa shape index (κ2) is 5.34. The third-order valence-corrected chi connectivity index (χ3v) is 4.63. The van der Waals surface area contributed by atoms with Gasteiger partial charge in [-0.05, 0) is 11.1 Å². The van der Waals surface area contributed by atoms with E-state index in [2.05, 4.69) is 41.4 Å². The molecule has 0 saturated carbocycles. The summed E-state index contributed by atoms with van der Waals surface area (Å²) in [5.41, 5.74) is 23.4. The van der Waals surface area contributed by atoms with Crippen molar-refractivity contribution in [1.82, 2.24) is 20.4 Å². The van der Waals surface area contributed by atoms with E-state index in [1.165, 1.54) is 0 Å². The maximum absolute atomic E-state index is 5.91. The monoisotopic (exact) mass is 348 g/mol. The number of nitrogens with one attached hydrogen (secondary N) is 4. The van der Waals surface area contributed by atoms with Crippen LogP contribution in [0.5, 0.6) is 0 Å². The first-order valence-electron chi connectivity index (χ1n) is 8.10.